The van der Waals surface area contributed by atoms with Crippen molar-refractivity contribution in [2.24, 2.45) is 57.7 Å². The smallest absolute Gasteiger partial charge is 0.104 e. The van der Waals surface area contributed by atoms with Gasteiger partial charge >= 0.3 is 0 Å². The Kier molecular flexibility index (Phi) is 60.2. The zero-order chi connectivity index (χ0) is 58.3. The Morgan fingerprint density at radius 1 is 0.231 bits per heavy atom. The molecule has 22 heteroatoms. The third-order valence-electron chi connectivity index (χ3n) is 12.7. The Labute approximate surface area is 474 Å². The first-order valence-electron chi connectivity index (χ1n) is 30.0. The lowest BCUT2D eigenvalue weighted by Crippen LogP contribution is -2.37. The zero-order valence-electron chi connectivity index (χ0n) is 50.7. The molecule has 0 rings (SSSR count). The van der Waals surface area contributed by atoms with Gasteiger partial charge in [0.15, 0.2) is 0 Å². The van der Waals surface area contributed by atoms with Crippen LogP contribution in [0.15, 0.2) is 0 Å². The van der Waals surface area contributed by atoms with Crippen molar-refractivity contribution >= 4 is 0 Å². The highest BCUT2D eigenvalue weighted by Crippen LogP contribution is 2.12. The van der Waals surface area contributed by atoms with E-state index in [4.69, 9.17) is 112 Å². The Bertz CT molecular complexity index is 1110. The minimum Gasteiger partial charge on any atom is -0.380 e. The minimum atomic E-state index is -0.289. The summed E-state index contributed by atoms with van der Waals surface area (Å²) >= 11 is 0. The number of hydrogen-bond acceptors (Lipinski definition) is 22. The van der Waals surface area contributed by atoms with Crippen LogP contribution in [-0.4, -0.2) is 232 Å². The van der Waals surface area contributed by atoms with Crippen LogP contribution in [0.4, 0.5) is 0 Å². The highest BCUT2D eigenvalue weighted by molar-refractivity contribution is 4.69. The van der Waals surface area contributed by atoms with Gasteiger partial charge in [-0.1, -0.05) is 55.4 Å². The van der Waals surface area contributed by atoms with Gasteiger partial charge in [0.2, 0.25) is 0 Å². The highest BCUT2D eigenvalue weighted by Gasteiger charge is 2.21. The molecule has 0 fully saturated rings. The molecule has 0 aromatic heterocycles. The SMILES string of the molecule is CCC(COCCN)COCC(COCC(COCC(CC)OCCCN)OCC(CC)OCCCN)OCC(CC)COCCN.CCC(N)COCC(COCC(COCC(N)CC)OCC(N)CC)OCC(N)CC. The molecule has 0 aromatic rings. The first-order chi connectivity index (χ1) is 37.9. The second kappa shape index (κ2) is 59.3. The Balaban J connectivity index is 0. The summed E-state index contributed by atoms with van der Waals surface area (Å²) < 4.78 is 83.3. The van der Waals surface area contributed by atoms with E-state index in [0.717, 1.165) is 64.2 Å². The molecule has 16 N–H and O–H groups in total. The standard InChI is InChI=1S/C34H74N4O9.C22H50N4O5/c1-5-29(19-39-17-13-37)21-41-24-33(46-22-30(6-2)20-40-18-14-38)25-43-27-34(47-28-32(8-4)45-16-10-12-36)26-42-23-31(7-3)44-15-9-11-35;1-5-17(23)9-27-13-21(30-11-19(25)7-3)15-29-16-22(31-12-20(26)8-4)14-28-10-18(24)6-2/h29-34H,5-28,35-38H2,1-4H3;17-22H,5-16,23-26H2,1-4H3. The van der Waals surface area contributed by atoms with Crippen LogP contribution in [0.1, 0.15) is 120 Å². The molecule has 0 aliphatic rings. The van der Waals surface area contributed by atoms with E-state index < -0.39 is 0 Å². The topological polar surface area (TPSA) is 337 Å². The van der Waals surface area contributed by atoms with Crippen LogP contribution in [0.3, 0.4) is 0 Å². The summed E-state index contributed by atoms with van der Waals surface area (Å²) in [5.41, 5.74) is 46.2. The van der Waals surface area contributed by atoms with Gasteiger partial charge in [-0.15, -0.1) is 0 Å². The molecule has 78 heavy (non-hydrogen) atoms. The van der Waals surface area contributed by atoms with E-state index in [9.17, 15) is 0 Å². The molecule has 472 valence electrons. The van der Waals surface area contributed by atoms with Crippen LogP contribution in [0.25, 0.3) is 0 Å². The predicted octanol–water partition coefficient (Wildman–Crippen LogP) is 2.85. The molecule has 0 aromatic carbocycles. The second-order valence-corrected chi connectivity index (χ2v) is 20.1. The second-order valence-electron chi connectivity index (χ2n) is 20.1. The maximum Gasteiger partial charge on any atom is 0.104 e. The molecule has 12 atom stereocenters. The molecular weight excluding hydrogens is 1010 g/mol. The molecule has 0 saturated heterocycles. The molecule has 0 spiro atoms. The van der Waals surface area contributed by atoms with Crippen LogP contribution in [0.5, 0.6) is 0 Å². The first kappa shape index (κ1) is 79.2. The van der Waals surface area contributed by atoms with Gasteiger partial charge in [0.1, 0.15) is 24.4 Å². The van der Waals surface area contributed by atoms with Gasteiger partial charge in [0, 0.05) is 62.3 Å². The summed E-state index contributed by atoms with van der Waals surface area (Å²) in [5, 5.41) is 0. The quantitative estimate of drug-likeness (QED) is 0.0406. The molecule has 0 amide bonds. The van der Waals surface area contributed by atoms with Gasteiger partial charge in [-0.3, -0.25) is 0 Å². The average molecular weight is 1130 g/mol. The molecular formula is C56H124N8O14. The molecule has 22 nitrogen and oxygen atoms in total. The highest BCUT2D eigenvalue weighted by atomic mass is 16.6. The van der Waals surface area contributed by atoms with E-state index in [2.05, 4.69) is 27.7 Å². The van der Waals surface area contributed by atoms with Crippen molar-refractivity contribution in [2.75, 3.05) is 172 Å². The van der Waals surface area contributed by atoms with Crippen molar-refractivity contribution in [1.29, 1.82) is 0 Å². The number of ether oxygens (including phenoxy) is 14. The van der Waals surface area contributed by atoms with Crippen molar-refractivity contribution in [3.05, 3.63) is 0 Å². The van der Waals surface area contributed by atoms with Crippen LogP contribution < -0.4 is 45.9 Å². The maximum absolute atomic E-state index is 6.33. The molecule has 0 bridgehead atoms. The van der Waals surface area contributed by atoms with E-state index >= 15 is 0 Å². The van der Waals surface area contributed by atoms with Crippen molar-refractivity contribution in [3.8, 4) is 0 Å². The van der Waals surface area contributed by atoms with E-state index in [1.54, 1.807) is 0 Å². The lowest BCUT2D eigenvalue weighted by Gasteiger charge is -2.25. The van der Waals surface area contributed by atoms with Crippen LogP contribution in [-0.2, 0) is 66.3 Å². The van der Waals surface area contributed by atoms with Crippen molar-refractivity contribution in [1.82, 2.24) is 0 Å². The summed E-state index contributed by atoms with van der Waals surface area (Å²) in [6.07, 6.45) is 7.62. The van der Waals surface area contributed by atoms with Crippen molar-refractivity contribution in [2.45, 2.75) is 180 Å². The van der Waals surface area contributed by atoms with Crippen LogP contribution in [0, 0.1) is 11.8 Å². The van der Waals surface area contributed by atoms with Crippen LogP contribution in [0.2, 0.25) is 0 Å². The van der Waals surface area contributed by atoms with Gasteiger partial charge in [-0.25, -0.2) is 0 Å². The summed E-state index contributed by atoms with van der Waals surface area (Å²) in [6, 6.07) is 0.0182. The lowest BCUT2D eigenvalue weighted by molar-refractivity contribution is -0.122. The summed E-state index contributed by atoms with van der Waals surface area (Å²) in [5.74, 6) is 0.543. The first-order valence-corrected chi connectivity index (χ1v) is 30.0. The molecule has 12 unspecified atom stereocenters. The monoisotopic (exact) mass is 1130 g/mol. The minimum absolute atomic E-state index is 0.00836. The predicted molar refractivity (Wildman–Crippen MR) is 312 cm³/mol. The Hall–Kier alpha value is -0.880. The van der Waals surface area contributed by atoms with Crippen molar-refractivity contribution < 1.29 is 66.3 Å². The maximum atomic E-state index is 6.33. The number of rotatable bonds is 60. The molecule has 0 radical (unpaired) electrons. The summed E-state index contributed by atoms with van der Waals surface area (Å²) in [6.45, 7) is 29.3. The van der Waals surface area contributed by atoms with Gasteiger partial charge in [-0.2, -0.15) is 0 Å². The zero-order valence-corrected chi connectivity index (χ0v) is 50.7. The fraction of sp³-hybridized carbons (Fsp3) is 1.00. The molecule has 0 heterocycles. The largest absolute Gasteiger partial charge is 0.380 e. The van der Waals surface area contributed by atoms with Crippen molar-refractivity contribution in [3.63, 3.8) is 0 Å². The third kappa shape index (κ3) is 49.7. The van der Waals surface area contributed by atoms with Crippen LogP contribution >= 0.6 is 0 Å². The van der Waals surface area contributed by atoms with E-state index in [1.165, 1.54) is 0 Å². The van der Waals surface area contributed by atoms with Gasteiger partial charge in [0.25, 0.3) is 0 Å². The molecule has 0 aliphatic heterocycles. The van der Waals surface area contributed by atoms with E-state index in [-0.39, 0.29) is 72.6 Å². The van der Waals surface area contributed by atoms with E-state index in [0.29, 0.717) is 172 Å². The summed E-state index contributed by atoms with van der Waals surface area (Å²) in [4.78, 5) is 0. The number of hydrogen-bond donors (Lipinski definition) is 8. The van der Waals surface area contributed by atoms with E-state index in [1.807, 2.05) is 27.7 Å². The third-order valence-corrected chi connectivity index (χ3v) is 12.7. The van der Waals surface area contributed by atoms with Gasteiger partial charge in [-0.05, 0) is 77.3 Å². The Morgan fingerprint density at radius 3 is 0.846 bits per heavy atom. The molecule has 0 saturated carbocycles. The Morgan fingerprint density at radius 2 is 0.513 bits per heavy atom. The fourth-order valence-electron chi connectivity index (χ4n) is 6.61. The lowest BCUT2D eigenvalue weighted by atomic mass is 10.1. The summed E-state index contributed by atoms with van der Waals surface area (Å²) in [7, 11) is 0. The average Bonchev–Trinajstić information content (AvgIpc) is 3.45. The van der Waals surface area contributed by atoms with Gasteiger partial charge < -0.3 is 112 Å². The number of nitrogens with two attached hydrogens (primary N) is 8. The fourth-order valence-corrected chi connectivity index (χ4v) is 6.61. The van der Waals surface area contributed by atoms with Gasteiger partial charge in [0.05, 0.1) is 144 Å². The normalized spacial score (nSPS) is 16.6. The molecule has 0 aliphatic carbocycles.